The van der Waals surface area contributed by atoms with Crippen LogP contribution in [0.4, 0.5) is 4.39 Å². The number of morpholine rings is 1. The first-order valence-electron chi connectivity index (χ1n) is 6.96. The molecule has 2 unspecified atom stereocenters. The number of halogens is 2. The van der Waals surface area contributed by atoms with Gasteiger partial charge in [-0.05, 0) is 31.0 Å². The third-order valence-electron chi connectivity index (χ3n) is 3.47. The largest absolute Gasteiger partial charge is 0.370 e. The highest BCUT2D eigenvalue weighted by Crippen LogP contribution is 2.23. The van der Waals surface area contributed by atoms with Gasteiger partial charge in [0.2, 0.25) is 5.91 Å². The van der Waals surface area contributed by atoms with Gasteiger partial charge in [-0.2, -0.15) is 0 Å². The molecule has 1 saturated heterocycles. The zero-order chi connectivity index (χ0) is 14.5. The smallest absolute Gasteiger partial charge is 0.222 e. The van der Waals surface area contributed by atoms with Crippen LogP contribution in [0, 0.1) is 5.82 Å². The molecule has 0 saturated carbocycles. The van der Waals surface area contributed by atoms with Gasteiger partial charge < -0.3 is 15.4 Å². The number of carbonyl (C=O) groups excluding carboxylic acids is 1. The Kier molecular flexibility index (Phi) is 7.08. The molecule has 1 amide bonds. The molecule has 1 fully saturated rings. The molecule has 0 bridgehead atoms. The van der Waals surface area contributed by atoms with Crippen LogP contribution in [0.5, 0.6) is 0 Å². The summed E-state index contributed by atoms with van der Waals surface area (Å²) in [5.74, 6) is -0.160. The molecule has 21 heavy (non-hydrogen) atoms. The maximum Gasteiger partial charge on any atom is 0.222 e. The minimum atomic E-state index is -0.269. The van der Waals surface area contributed by atoms with E-state index in [2.05, 4.69) is 0 Å². The maximum absolute atomic E-state index is 12.9. The van der Waals surface area contributed by atoms with Gasteiger partial charge in [-0.15, -0.1) is 12.4 Å². The van der Waals surface area contributed by atoms with Gasteiger partial charge in [0.25, 0.3) is 0 Å². The monoisotopic (exact) mass is 316 g/mol. The lowest BCUT2D eigenvalue weighted by molar-refractivity contribution is -0.139. The lowest BCUT2D eigenvalue weighted by Crippen LogP contribution is -2.42. The van der Waals surface area contributed by atoms with Gasteiger partial charge in [0, 0.05) is 19.0 Å². The quantitative estimate of drug-likeness (QED) is 0.927. The molecule has 1 aliphatic heterocycles. The van der Waals surface area contributed by atoms with Crippen molar-refractivity contribution in [3.63, 3.8) is 0 Å². The van der Waals surface area contributed by atoms with E-state index in [9.17, 15) is 9.18 Å². The van der Waals surface area contributed by atoms with Gasteiger partial charge in [0.05, 0.1) is 13.2 Å². The summed E-state index contributed by atoms with van der Waals surface area (Å²) >= 11 is 0. The molecule has 4 nitrogen and oxygen atoms in total. The predicted molar refractivity (Wildman–Crippen MR) is 81.8 cm³/mol. The van der Waals surface area contributed by atoms with Gasteiger partial charge in [-0.25, -0.2) is 4.39 Å². The minimum absolute atomic E-state index is 0. The van der Waals surface area contributed by atoms with Crippen LogP contribution in [0.3, 0.4) is 0 Å². The van der Waals surface area contributed by atoms with Crippen LogP contribution in [-0.2, 0) is 9.53 Å². The number of nitrogens with zero attached hydrogens (tertiary/aromatic N) is 1. The second kappa shape index (κ2) is 8.32. The molecule has 1 aliphatic rings. The van der Waals surface area contributed by atoms with E-state index in [1.54, 1.807) is 17.0 Å². The van der Waals surface area contributed by atoms with E-state index in [0.29, 0.717) is 32.5 Å². The van der Waals surface area contributed by atoms with Crippen LogP contribution in [0.25, 0.3) is 0 Å². The third-order valence-corrected chi connectivity index (χ3v) is 3.47. The topological polar surface area (TPSA) is 55.6 Å². The van der Waals surface area contributed by atoms with E-state index in [1.165, 1.54) is 12.1 Å². The fourth-order valence-corrected chi connectivity index (χ4v) is 2.26. The van der Waals surface area contributed by atoms with Gasteiger partial charge in [0.15, 0.2) is 0 Å². The number of ether oxygens (including phenoxy) is 1. The first-order valence-corrected chi connectivity index (χ1v) is 6.96. The van der Waals surface area contributed by atoms with E-state index in [1.807, 2.05) is 6.92 Å². The lowest BCUT2D eigenvalue weighted by atomic mass is 10.1. The Morgan fingerprint density at radius 3 is 2.76 bits per heavy atom. The van der Waals surface area contributed by atoms with Crippen LogP contribution in [0.15, 0.2) is 24.3 Å². The molecule has 0 radical (unpaired) electrons. The lowest BCUT2D eigenvalue weighted by Gasteiger charge is -2.33. The Morgan fingerprint density at radius 2 is 2.14 bits per heavy atom. The molecule has 1 heterocycles. The molecule has 1 aromatic carbocycles. The van der Waals surface area contributed by atoms with Crippen molar-refractivity contribution in [1.82, 2.24) is 4.90 Å². The zero-order valence-electron chi connectivity index (χ0n) is 12.1. The van der Waals surface area contributed by atoms with E-state index < -0.39 is 0 Å². The Morgan fingerprint density at radius 1 is 1.48 bits per heavy atom. The van der Waals surface area contributed by atoms with E-state index in [4.69, 9.17) is 10.5 Å². The van der Waals surface area contributed by atoms with Crippen LogP contribution >= 0.6 is 12.4 Å². The Bertz CT molecular complexity index is 453. The van der Waals surface area contributed by atoms with E-state index in [-0.39, 0.29) is 36.3 Å². The molecule has 2 rings (SSSR count). The second-order valence-corrected chi connectivity index (χ2v) is 5.27. The number of carbonyl (C=O) groups is 1. The van der Waals surface area contributed by atoms with Crippen LogP contribution in [-0.4, -0.2) is 36.5 Å². The van der Waals surface area contributed by atoms with Crippen molar-refractivity contribution in [3.05, 3.63) is 35.6 Å². The van der Waals surface area contributed by atoms with Crippen molar-refractivity contribution in [2.24, 2.45) is 5.73 Å². The van der Waals surface area contributed by atoms with Crippen molar-refractivity contribution in [1.29, 1.82) is 0 Å². The molecule has 1 aromatic rings. The average Bonchev–Trinajstić information content (AvgIpc) is 2.45. The molecule has 2 atom stereocenters. The summed E-state index contributed by atoms with van der Waals surface area (Å²) in [6.07, 6.45) is 0.981. The molecular formula is C15H22ClFN2O2. The molecule has 0 aromatic heterocycles. The number of hydrogen-bond acceptors (Lipinski definition) is 3. The summed E-state index contributed by atoms with van der Waals surface area (Å²) in [6, 6.07) is 6.27. The summed E-state index contributed by atoms with van der Waals surface area (Å²) in [4.78, 5) is 13.9. The maximum atomic E-state index is 12.9. The highest BCUT2D eigenvalue weighted by atomic mass is 35.5. The normalized spacial score (nSPS) is 19.8. The molecular weight excluding hydrogens is 295 g/mol. The summed E-state index contributed by atoms with van der Waals surface area (Å²) < 4.78 is 18.6. The van der Waals surface area contributed by atoms with Crippen molar-refractivity contribution in [2.45, 2.75) is 31.9 Å². The molecule has 0 spiro atoms. The van der Waals surface area contributed by atoms with Crippen LogP contribution < -0.4 is 5.73 Å². The Labute approximate surface area is 130 Å². The van der Waals surface area contributed by atoms with Crippen molar-refractivity contribution in [2.75, 3.05) is 19.7 Å². The first-order chi connectivity index (χ1) is 9.56. The van der Waals surface area contributed by atoms with Crippen molar-refractivity contribution < 1.29 is 13.9 Å². The third kappa shape index (κ3) is 5.26. The molecule has 118 valence electrons. The van der Waals surface area contributed by atoms with Gasteiger partial charge in [-0.3, -0.25) is 4.79 Å². The summed E-state index contributed by atoms with van der Waals surface area (Å²) in [7, 11) is 0. The summed E-state index contributed by atoms with van der Waals surface area (Å²) in [6.45, 7) is 3.53. The highest BCUT2D eigenvalue weighted by molar-refractivity contribution is 5.85. The summed E-state index contributed by atoms with van der Waals surface area (Å²) in [5, 5.41) is 0. The van der Waals surface area contributed by atoms with Gasteiger partial charge >= 0.3 is 0 Å². The second-order valence-electron chi connectivity index (χ2n) is 5.27. The Balaban J connectivity index is 0.00000220. The van der Waals surface area contributed by atoms with E-state index >= 15 is 0 Å². The highest BCUT2D eigenvalue weighted by Gasteiger charge is 2.25. The van der Waals surface area contributed by atoms with Crippen LogP contribution in [0.1, 0.15) is 31.4 Å². The zero-order valence-corrected chi connectivity index (χ0v) is 12.9. The number of benzene rings is 1. The van der Waals surface area contributed by atoms with Crippen molar-refractivity contribution >= 4 is 18.3 Å². The number of rotatable bonds is 4. The average molecular weight is 317 g/mol. The van der Waals surface area contributed by atoms with Gasteiger partial charge in [0.1, 0.15) is 11.9 Å². The molecule has 6 heteroatoms. The first kappa shape index (κ1) is 17.9. The standard InChI is InChI=1S/C15H21FN2O2.ClH/c1-11(17)2-7-15(19)18-8-9-20-14(10-18)12-3-5-13(16)6-4-12;/h3-6,11,14H,2,7-10,17H2,1H3;1H. The Hall–Kier alpha value is -1.17. The number of hydrogen-bond donors (Lipinski definition) is 1. The van der Waals surface area contributed by atoms with Crippen LogP contribution in [0.2, 0.25) is 0 Å². The molecule has 0 aliphatic carbocycles. The predicted octanol–water partition coefficient (Wildman–Crippen LogP) is 2.27. The number of amides is 1. The van der Waals surface area contributed by atoms with E-state index in [0.717, 1.165) is 5.56 Å². The fraction of sp³-hybridized carbons (Fsp3) is 0.533. The SMILES string of the molecule is CC(N)CCC(=O)N1CCOC(c2ccc(F)cc2)C1.Cl. The summed E-state index contributed by atoms with van der Waals surface area (Å²) in [5.41, 5.74) is 6.57. The van der Waals surface area contributed by atoms with Gasteiger partial charge in [-0.1, -0.05) is 12.1 Å². The number of nitrogens with two attached hydrogens (primary N) is 1. The fourth-order valence-electron chi connectivity index (χ4n) is 2.26. The van der Waals surface area contributed by atoms with Crippen molar-refractivity contribution in [3.8, 4) is 0 Å². The molecule has 2 N–H and O–H groups in total. The minimum Gasteiger partial charge on any atom is -0.370 e.